The molecule has 0 amide bonds. The molecule has 0 unspecified atom stereocenters. The van der Waals surface area contributed by atoms with Gasteiger partial charge in [0.05, 0.1) is 13.0 Å². The number of nitrogens with one attached hydrogen (secondary N) is 4. The van der Waals surface area contributed by atoms with Crippen molar-refractivity contribution >= 4 is 44.6 Å². The molecule has 4 N–H and O–H groups in total. The van der Waals surface area contributed by atoms with Gasteiger partial charge in [0.1, 0.15) is 10.7 Å². The van der Waals surface area contributed by atoms with Crippen molar-refractivity contribution in [2.75, 3.05) is 17.2 Å². The molecule has 0 bridgehead atoms. The normalized spacial score (nSPS) is 13.8. The lowest BCUT2D eigenvalue weighted by molar-refractivity contribution is -0.448. The summed E-state index contributed by atoms with van der Waals surface area (Å²) in [7, 11) is -3.67. The Labute approximate surface area is 163 Å². The van der Waals surface area contributed by atoms with E-state index in [4.69, 9.17) is 12.2 Å². The van der Waals surface area contributed by atoms with Crippen LogP contribution in [0.5, 0.6) is 0 Å². The number of halogens is 1. The molecule has 0 aliphatic carbocycles. The maximum absolute atomic E-state index is 13.6. The number of hydrogen-bond donors (Lipinski definition) is 4. The molecule has 0 atom stereocenters. The van der Waals surface area contributed by atoms with Crippen molar-refractivity contribution in [3.05, 3.63) is 53.8 Å². The molecular formula is C18H20FN4O2S2+. The second kappa shape index (κ2) is 8.01. The van der Waals surface area contributed by atoms with Gasteiger partial charge in [-0.15, -0.1) is 0 Å². The first-order chi connectivity index (χ1) is 12.8. The number of benzene rings is 2. The summed E-state index contributed by atoms with van der Waals surface area (Å²) in [4.78, 5) is 3.14. The Morgan fingerprint density at radius 2 is 1.89 bits per heavy atom. The average Bonchev–Trinajstić information content (AvgIpc) is 3.10. The third-order valence-electron chi connectivity index (χ3n) is 4.03. The van der Waals surface area contributed by atoms with Crippen molar-refractivity contribution in [1.82, 2.24) is 4.72 Å². The summed E-state index contributed by atoms with van der Waals surface area (Å²) in [6, 6.07) is 11.0. The van der Waals surface area contributed by atoms with Gasteiger partial charge in [0.2, 0.25) is 0 Å². The highest BCUT2D eigenvalue weighted by molar-refractivity contribution is 7.90. The van der Waals surface area contributed by atoms with Crippen LogP contribution in [0.2, 0.25) is 0 Å². The number of thiocarbonyl (C=S) groups is 1. The Morgan fingerprint density at radius 1 is 1.15 bits per heavy atom. The van der Waals surface area contributed by atoms with Crippen LogP contribution in [0.15, 0.2) is 47.4 Å². The second-order valence-electron chi connectivity index (χ2n) is 6.19. The summed E-state index contributed by atoms with van der Waals surface area (Å²) in [5, 5.41) is 6.02. The summed E-state index contributed by atoms with van der Waals surface area (Å²) in [5.74, 6) is 0.270. The van der Waals surface area contributed by atoms with Gasteiger partial charge in [-0.2, -0.15) is 13.1 Å². The number of sulfonamides is 1. The van der Waals surface area contributed by atoms with Gasteiger partial charge in [-0.1, -0.05) is 12.1 Å². The molecule has 27 heavy (non-hydrogen) atoms. The van der Waals surface area contributed by atoms with E-state index < -0.39 is 10.0 Å². The SMILES string of the molecule is Cc1ccc(NC(=S)Nc2cccc(S(=O)(=O)NC3=[NH+]CCC3)c2)cc1F. The van der Waals surface area contributed by atoms with E-state index in [0.717, 1.165) is 13.0 Å². The van der Waals surface area contributed by atoms with E-state index in [1.165, 1.54) is 18.2 Å². The third-order valence-corrected chi connectivity index (χ3v) is 5.63. The molecule has 3 rings (SSSR count). The topological polar surface area (TPSA) is 84.2 Å². The van der Waals surface area contributed by atoms with E-state index in [1.54, 1.807) is 31.2 Å². The van der Waals surface area contributed by atoms with Gasteiger partial charge < -0.3 is 10.6 Å². The van der Waals surface area contributed by atoms with Gasteiger partial charge in [-0.25, -0.2) is 4.39 Å². The first-order valence-corrected chi connectivity index (χ1v) is 10.3. The number of hydrogen-bond acceptors (Lipinski definition) is 3. The molecule has 2 aromatic rings. The molecule has 0 aromatic heterocycles. The van der Waals surface area contributed by atoms with Crippen LogP contribution in [-0.4, -0.2) is 25.9 Å². The van der Waals surface area contributed by atoms with E-state index in [1.807, 2.05) is 0 Å². The molecule has 0 spiro atoms. The van der Waals surface area contributed by atoms with E-state index in [0.29, 0.717) is 29.2 Å². The highest BCUT2D eigenvalue weighted by Crippen LogP contribution is 2.17. The van der Waals surface area contributed by atoms with Gasteiger partial charge in [0.15, 0.2) is 5.11 Å². The predicted octanol–water partition coefficient (Wildman–Crippen LogP) is 1.49. The van der Waals surface area contributed by atoms with Crippen molar-refractivity contribution in [3.63, 3.8) is 0 Å². The number of rotatable bonds is 4. The molecule has 0 saturated carbocycles. The standard InChI is InChI=1S/C18H19FN4O2S2/c1-12-7-8-14(11-16(12)19)22-18(26)21-13-4-2-5-15(10-13)27(24,25)23-17-6-3-9-20-17/h2,4-5,7-8,10-11H,3,6,9H2,1H3,(H,20,23)(H2,21,22,26)/p+1. The highest BCUT2D eigenvalue weighted by Gasteiger charge is 2.24. The van der Waals surface area contributed by atoms with Crippen molar-refractivity contribution in [1.29, 1.82) is 0 Å². The van der Waals surface area contributed by atoms with Crippen LogP contribution in [-0.2, 0) is 10.0 Å². The lowest BCUT2D eigenvalue weighted by atomic mass is 10.2. The molecule has 2 aromatic carbocycles. The van der Waals surface area contributed by atoms with Crippen LogP contribution >= 0.6 is 12.2 Å². The quantitative estimate of drug-likeness (QED) is 0.578. The van der Waals surface area contributed by atoms with Gasteiger partial charge in [-0.3, -0.25) is 4.99 Å². The molecule has 142 valence electrons. The van der Waals surface area contributed by atoms with Crippen LogP contribution in [0.4, 0.5) is 15.8 Å². The number of amidine groups is 1. The predicted molar refractivity (Wildman–Crippen MR) is 108 cm³/mol. The Bertz CT molecular complexity index is 1010. The maximum atomic E-state index is 13.6. The van der Waals surface area contributed by atoms with Crippen molar-refractivity contribution in [3.8, 4) is 0 Å². The maximum Gasteiger partial charge on any atom is 0.328 e. The van der Waals surface area contributed by atoms with E-state index >= 15 is 0 Å². The monoisotopic (exact) mass is 407 g/mol. The van der Waals surface area contributed by atoms with Gasteiger partial charge in [0, 0.05) is 11.4 Å². The van der Waals surface area contributed by atoms with E-state index in [2.05, 4.69) is 20.3 Å². The summed E-state index contributed by atoms with van der Waals surface area (Å²) < 4.78 is 41.2. The second-order valence-corrected chi connectivity index (χ2v) is 8.28. The van der Waals surface area contributed by atoms with Gasteiger partial charge in [-0.05, 0) is 61.5 Å². The Kier molecular flexibility index (Phi) is 5.71. The zero-order chi connectivity index (χ0) is 19.4. The molecule has 0 radical (unpaired) electrons. The van der Waals surface area contributed by atoms with Crippen LogP contribution in [0.3, 0.4) is 0 Å². The minimum Gasteiger partial charge on any atom is -0.332 e. The molecule has 1 heterocycles. The first kappa shape index (κ1) is 19.2. The fourth-order valence-corrected chi connectivity index (χ4v) is 4.00. The highest BCUT2D eigenvalue weighted by atomic mass is 32.2. The molecule has 9 heteroatoms. The fourth-order valence-electron chi connectivity index (χ4n) is 2.61. The minimum absolute atomic E-state index is 0.123. The van der Waals surface area contributed by atoms with Gasteiger partial charge >= 0.3 is 10.0 Å². The zero-order valence-corrected chi connectivity index (χ0v) is 16.3. The Morgan fingerprint density at radius 3 is 2.56 bits per heavy atom. The summed E-state index contributed by atoms with van der Waals surface area (Å²) in [5.41, 5.74) is 1.55. The Hall–Kier alpha value is -2.52. The molecule has 1 aliphatic heterocycles. The average molecular weight is 408 g/mol. The first-order valence-electron chi connectivity index (χ1n) is 8.40. The summed E-state index contributed by atoms with van der Waals surface area (Å²) in [6.45, 7) is 2.44. The third kappa shape index (κ3) is 5.01. The number of aryl methyl sites for hydroxylation is 1. The minimum atomic E-state index is -3.67. The van der Waals surface area contributed by atoms with E-state index in [9.17, 15) is 12.8 Å². The molecule has 1 aliphatic rings. The number of anilines is 2. The zero-order valence-electron chi connectivity index (χ0n) is 14.7. The smallest absolute Gasteiger partial charge is 0.328 e. The summed E-state index contributed by atoms with van der Waals surface area (Å²) >= 11 is 5.22. The van der Waals surface area contributed by atoms with Gasteiger partial charge in [0.25, 0.3) is 5.84 Å². The van der Waals surface area contributed by atoms with E-state index in [-0.39, 0.29) is 15.8 Å². The van der Waals surface area contributed by atoms with Crippen LogP contribution in [0.1, 0.15) is 18.4 Å². The van der Waals surface area contributed by atoms with Crippen molar-refractivity contribution in [2.24, 2.45) is 0 Å². The molecule has 6 nitrogen and oxygen atoms in total. The lowest BCUT2D eigenvalue weighted by Gasteiger charge is -2.12. The Balaban J connectivity index is 1.69. The van der Waals surface area contributed by atoms with Crippen LogP contribution in [0, 0.1) is 12.7 Å². The fraction of sp³-hybridized carbons (Fsp3) is 0.222. The van der Waals surface area contributed by atoms with Crippen LogP contribution in [0.25, 0.3) is 0 Å². The van der Waals surface area contributed by atoms with Crippen LogP contribution < -0.4 is 20.3 Å². The summed E-state index contributed by atoms with van der Waals surface area (Å²) in [6.07, 6.45) is 1.58. The molecule has 0 saturated heterocycles. The van der Waals surface area contributed by atoms with Crippen molar-refractivity contribution < 1.29 is 17.8 Å². The largest absolute Gasteiger partial charge is 0.332 e. The molecule has 0 fully saturated rings. The van der Waals surface area contributed by atoms with Crippen molar-refractivity contribution in [2.45, 2.75) is 24.7 Å². The molecular weight excluding hydrogens is 387 g/mol. The lowest BCUT2D eigenvalue weighted by Crippen LogP contribution is -2.72.